The van der Waals surface area contributed by atoms with Crippen molar-refractivity contribution in [1.29, 1.82) is 0 Å². The number of nitrogens with one attached hydrogen (secondary N) is 1. The van der Waals surface area contributed by atoms with Crippen LogP contribution < -0.4 is 5.32 Å². The lowest BCUT2D eigenvalue weighted by Gasteiger charge is -2.22. The van der Waals surface area contributed by atoms with E-state index < -0.39 is 25.1 Å². The van der Waals surface area contributed by atoms with E-state index in [-0.39, 0.29) is 0 Å². The third-order valence-electron chi connectivity index (χ3n) is 2.43. The molecule has 0 aliphatic rings. The molecule has 122 valence electrons. The molecule has 0 saturated heterocycles. The molecule has 0 saturated carbocycles. The molecule has 0 aromatic carbocycles. The summed E-state index contributed by atoms with van der Waals surface area (Å²) in [5, 5.41) is 3.09. The SMILES string of the molecule is CCCNCc1ccc(COC(C(F)(F)F)C(F)(F)F)s1. The second-order valence-corrected chi connectivity index (χ2v) is 5.57. The Hall–Kier alpha value is -0.800. The lowest BCUT2D eigenvalue weighted by Crippen LogP contribution is -2.44. The predicted octanol–water partition coefficient (Wildman–Crippen LogP) is 4.26. The van der Waals surface area contributed by atoms with Gasteiger partial charge in [-0.25, -0.2) is 0 Å². The number of ether oxygens (including phenoxy) is 1. The summed E-state index contributed by atoms with van der Waals surface area (Å²) in [6.07, 6.45) is -13.8. The summed E-state index contributed by atoms with van der Waals surface area (Å²) in [7, 11) is 0. The molecule has 2 nitrogen and oxygen atoms in total. The zero-order chi connectivity index (χ0) is 16.1. The minimum absolute atomic E-state index is 0.321. The summed E-state index contributed by atoms with van der Waals surface area (Å²) in [5.74, 6) is 0. The van der Waals surface area contributed by atoms with E-state index in [0.29, 0.717) is 11.4 Å². The molecule has 0 radical (unpaired) electrons. The number of alkyl halides is 6. The van der Waals surface area contributed by atoms with Crippen molar-refractivity contribution in [1.82, 2.24) is 5.32 Å². The predicted molar refractivity (Wildman–Crippen MR) is 67.0 cm³/mol. The molecule has 0 amide bonds. The van der Waals surface area contributed by atoms with E-state index in [1.165, 1.54) is 6.07 Å². The number of hydrogen-bond donors (Lipinski definition) is 1. The van der Waals surface area contributed by atoms with Crippen molar-refractivity contribution in [3.05, 3.63) is 21.9 Å². The molecule has 1 heterocycles. The molecule has 0 aliphatic carbocycles. The van der Waals surface area contributed by atoms with Gasteiger partial charge in [0.1, 0.15) is 0 Å². The average molecular weight is 335 g/mol. The van der Waals surface area contributed by atoms with Gasteiger partial charge in [-0.05, 0) is 25.1 Å². The third-order valence-corrected chi connectivity index (χ3v) is 3.49. The Morgan fingerprint density at radius 3 is 2.19 bits per heavy atom. The first-order chi connectivity index (χ1) is 9.64. The zero-order valence-corrected chi connectivity index (χ0v) is 12.0. The lowest BCUT2D eigenvalue weighted by molar-refractivity contribution is -0.324. The molecule has 21 heavy (non-hydrogen) atoms. The van der Waals surface area contributed by atoms with Gasteiger partial charge in [0.25, 0.3) is 0 Å². The molecule has 1 aromatic rings. The molecule has 9 heteroatoms. The van der Waals surface area contributed by atoms with Crippen LogP contribution in [0, 0.1) is 0 Å². The summed E-state index contributed by atoms with van der Waals surface area (Å²) in [5.41, 5.74) is 0. The van der Waals surface area contributed by atoms with Crippen LogP contribution in [0.2, 0.25) is 0 Å². The lowest BCUT2D eigenvalue weighted by atomic mass is 10.3. The Labute approximate surface area is 122 Å². The number of rotatable bonds is 7. The van der Waals surface area contributed by atoms with Gasteiger partial charge in [0.15, 0.2) is 0 Å². The van der Waals surface area contributed by atoms with E-state index in [4.69, 9.17) is 0 Å². The maximum absolute atomic E-state index is 12.3. The number of thiophene rings is 1. The van der Waals surface area contributed by atoms with Crippen molar-refractivity contribution in [2.75, 3.05) is 6.54 Å². The highest BCUT2D eigenvalue weighted by Crippen LogP contribution is 2.36. The maximum Gasteiger partial charge on any atom is 0.423 e. The van der Waals surface area contributed by atoms with Crippen molar-refractivity contribution in [2.45, 2.75) is 45.0 Å². The molecular weight excluding hydrogens is 320 g/mol. The van der Waals surface area contributed by atoms with Crippen LogP contribution in [0.15, 0.2) is 12.1 Å². The van der Waals surface area contributed by atoms with Gasteiger partial charge in [-0.1, -0.05) is 6.92 Å². The first-order valence-corrected chi connectivity index (χ1v) is 6.99. The minimum atomic E-state index is -5.47. The molecule has 0 fully saturated rings. The fourth-order valence-electron chi connectivity index (χ4n) is 1.52. The Balaban J connectivity index is 2.57. The van der Waals surface area contributed by atoms with Gasteiger partial charge in [-0.2, -0.15) is 26.3 Å². The summed E-state index contributed by atoms with van der Waals surface area (Å²) in [4.78, 5) is 1.15. The average Bonchev–Trinajstić information content (AvgIpc) is 2.74. The molecule has 0 spiro atoms. The standard InChI is InChI=1S/C12H15F6NOS/c1-2-5-19-6-8-3-4-9(21-8)7-20-10(11(13,14)15)12(16,17)18/h3-4,10,19H,2,5-7H2,1H3. The number of hydrogen-bond acceptors (Lipinski definition) is 3. The quantitative estimate of drug-likeness (QED) is 0.594. The summed E-state index contributed by atoms with van der Waals surface area (Å²) < 4.78 is 77.7. The van der Waals surface area contributed by atoms with Crippen molar-refractivity contribution >= 4 is 11.3 Å². The van der Waals surface area contributed by atoms with Crippen molar-refractivity contribution < 1.29 is 31.1 Å². The molecule has 0 aliphatic heterocycles. The topological polar surface area (TPSA) is 21.3 Å². The van der Waals surface area contributed by atoms with Crippen molar-refractivity contribution in [3.63, 3.8) is 0 Å². The van der Waals surface area contributed by atoms with E-state index in [1.807, 2.05) is 6.92 Å². The highest BCUT2D eigenvalue weighted by molar-refractivity contribution is 7.11. The van der Waals surface area contributed by atoms with E-state index in [2.05, 4.69) is 10.1 Å². The minimum Gasteiger partial charge on any atom is -0.355 e. The van der Waals surface area contributed by atoms with Crippen LogP contribution in [0.25, 0.3) is 0 Å². The fourth-order valence-corrected chi connectivity index (χ4v) is 2.43. The third kappa shape index (κ3) is 6.23. The summed E-state index contributed by atoms with van der Waals surface area (Å²) in [6.45, 7) is 2.58. The van der Waals surface area contributed by atoms with Gasteiger partial charge >= 0.3 is 12.4 Å². The van der Waals surface area contributed by atoms with Crippen LogP contribution in [0.3, 0.4) is 0 Å². The van der Waals surface area contributed by atoms with Crippen LogP contribution in [0.4, 0.5) is 26.3 Å². The smallest absolute Gasteiger partial charge is 0.355 e. The monoisotopic (exact) mass is 335 g/mol. The Morgan fingerprint density at radius 2 is 1.67 bits per heavy atom. The van der Waals surface area contributed by atoms with Crippen molar-refractivity contribution in [2.24, 2.45) is 0 Å². The van der Waals surface area contributed by atoms with Gasteiger partial charge in [0.2, 0.25) is 6.10 Å². The molecule has 0 atom stereocenters. The molecular formula is C12H15F6NOS. The van der Waals surface area contributed by atoms with Crippen LogP contribution in [0.5, 0.6) is 0 Å². The second kappa shape index (κ2) is 7.46. The van der Waals surface area contributed by atoms with Crippen LogP contribution >= 0.6 is 11.3 Å². The maximum atomic E-state index is 12.3. The summed E-state index contributed by atoms with van der Waals surface area (Å²) >= 11 is 1.12. The molecule has 0 unspecified atom stereocenters. The molecule has 0 bridgehead atoms. The highest BCUT2D eigenvalue weighted by atomic mass is 32.1. The van der Waals surface area contributed by atoms with Gasteiger partial charge in [0, 0.05) is 16.3 Å². The molecule has 1 rings (SSSR count). The largest absolute Gasteiger partial charge is 0.423 e. The normalized spacial score (nSPS) is 13.1. The van der Waals surface area contributed by atoms with Gasteiger partial charge < -0.3 is 10.1 Å². The Morgan fingerprint density at radius 1 is 1.10 bits per heavy atom. The zero-order valence-electron chi connectivity index (χ0n) is 11.1. The first-order valence-electron chi connectivity index (χ1n) is 6.18. The van der Waals surface area contributed by atoms with Gasteiger partial charge in [-0.15, -0.1) is 11.3 Å². The van der Waals surface area contributed by atoms with Gasteiger partial charge in [0.05, 0.1) is 6.61 Å². The highest BCUT2D eigenvalue weighted by Gasteiger charge is 2.57. The molecule has 1 aromatic heterocycles. The van der Waals surface area contributed by atoms with Crippen LogP contribution in [-0.4, -0.2) is 25.0 Å². The molecule has 1 N–H and O–H groups in total. The van der Waals surface area contributed by atoms with Gasteiger partial charge in [-0.3, -0.25) is 0 Å². The summed E-state index contributed by atoms with van der Waals surface area (Å²) in [6, 6.07) is 3.12. The first kappa shape index (κ1) is 18.2. The van der Waals surface area contributed by atoms with Crippen LogP contribution in [-0.2, 0) is 17.9 Å². The fraction of sp³-hybridized carbons (Fsp3) is 0.667. The Kier molecular flexibility index (Phi) is 6.48. The van der Waals surface area contributed by atoms with E-state index in [1.54, 1.807) is 6.07 Å². The van der Waals surface area contributed by atoms with Crippen molar-refractivity contribution in [3.8, 4) is 0 Å². The Bertz CT molecular complexity index is 414. The second-order valence-electron chi connectivity index (χ2n) is 4.32. The van der Waals surface area contributed by atoms with E-state index in [9.17, 15) is 26.3 Å². The van der Waals surface area contributed by atoms with E-state index >= 15 is 0 Å². The van der Waals surface area contributed by atoms with Crippen LogP contribution in [0.1, 0.15) is 23.1 Å². The number of halogens is 6. The van der Waals surface area contributed by atoms with E-state index in [0.717, 1.165) is 29.2 Å².